The number of esters is 1. The van der Waals surface area contributed by atoms with E-state index in [4.69, 9.17) is 0 Å². The van der Waals surface area contributed by atoms with Crippen molar-refractivity contribution in [2.75, 3.05) is 6.61 Å². The smallest absolute Gasteiger partial charge is 0.339 e. The molecule has 0 saturated carbocycles. The molecular weight excluding hydrogens is 230 g/mol. The number of alkyl halides is 2. The van der Waals surface area contributed by atoms with E-state index in [0.717, 1.165) is 13.0 Å². The first-order valence-corrected chi connectivity index (χ1v) is 5.19. The van der Waals surface area contributed by atoms with Gasteiger partial charge in [0.25, 0.3) is 5.92 Å². The van der Waals surface area contributed by atoms with E-state index in [1.54, 1.807) is 6.92 Å². The second-order valence-corrected chi connectivity index (χ2v) is 3.67. The third kappa shape index (κ3) is 3.49. The van der Waals surface area contributed by atoms with Crippen LogP contribution >= 0.6 is 0 Å². The Hall–Kier alpha value is -1.49. The van der Waals surface area contributed by atoms with Gasteiger partial charge >= 0.3 is 5.97 Å². The van der Waals surface area contributed by atoms with Crippen LogP contribution < -0.4 is 0 Å². The monoisotopic (exact) mass is 244 g/mol. The van der Waals surface area contributed by atoms with Crippen LogP contribution in [0.3, 0.4) is 0 Å². The summed E-state index contributed by atoms with van der Waals surface area (Å²) < 4.78 is 30.7. The second kappa shape index (κ2) is 5.23. The molecule has 0 aromatic heterocycles. The Balaban J connectivity index is 2.96. The van der Waals surface area contributed by atoms with Gasteiger partial charge in [-0.15, -0.1) is 0 Å². The van der Waals surface area contributed by atoms with Crippen LogP contribution in [0.5, 0.6) is 0 Å². The lowest BCUT2D eigenvalue weighted by Gasteiger charge is -2.14. The SMILES string of the molecule is CCOC(=O)C(O)c1cccc(C(C)(F)F)c1. The molecule has 0 radical (unpaired) electrons. The summed E-state index contributed by atoms with van der Waals surface area (Å²) in [4.78, 5) is 11.2. The van der Waals surface area contributed by atoms with Crippen molar-refractivity contribution < 1.29 is 23.4 Å². The maximum atomic E-state index is 13.0. The van der Waals surface area contributed by atoms with Crippen molar-refractivity contribution in [3.63, 3.8) is 0 Å². The Morgan fingerprint density at radius 3 is 2.71 bits per heavy atom. The fourth-order valence-electron chi connectivity index (χ4n) is 1.34. The van der Waals surface area contributed by atoms with Crippen molar-refractivity contribution >= 4 is 5.97 Å². The number of hydrogen-bond acceptors (Lipinski definition) is 3. The number of rotatable bonds is 4. The zero-order valence-electron chi connectivity index (χ0n) is 9.61. The van der Waals surface area contributed by atoms with E-state index in [2.05, 4.69) is 4.74 Å². The normalized spacial score (nSPS) is 13.2. The zero-order valence-corrected chi connectivity index (χ0v) is 9.61. The van der Waals surface area contributed by atoms with Crippen molar-refractivity contribution in [3.8, 4) is 0 Å². The molecule has 1 rings (SSSR count). The summed E-state index contributed by atoms with van der Waals surface area (Å²) in [7, 11) is 0. The number of carbonyl (C=O) groups is 1. The number of aliphatic hydroxyl groups is 1. The largest absolute Gasteiger partial charge is 0.464 e. The summed E-state index contributed by atoms with van der Waals surface area (Å²) in [5.41, 5.74) is -0.152. The molecule has 1 aromatic rings. The molecule has 0 bridgehead atoms. The molecule has 1 atom stereocenters. The van der Waals surface area contributed by atoms with Crippen LogP contribution in [0.15, 0.2) is 24.3 Å². The van der Waals surface area contributed by atoms with Crippen molar-refractivity contribution in [2.45, 2.75) is 25.9 Å². The topological polar surface area (TPSA) is 46.5 Å². The highest BCUT2D eigenvalue weighted by Crippen LogP contribution is 2.28. The summed E-state index contributed by atoms with van der Waals surface area (Å²) in [5.74, 6) is -3.85. The molecule has 5 heteroatoms. The standard InChI is InChI=1S/C12H14F2O3/c1-3-17-11(16)10(15)8-5-4-6-9(7-8)12(2,13)14/h4-7,10,15H,3H2,1-2H3. The van der Waals surface area contributed by atoms with Crippen LogP contribution in [0.4, 0.5) is 8.78 Å². The van der Waals surface area contributed by atoms with Crippen molar-refractivity contribution in [1.82, 2.24) is 0 Å². The molecule has 0 amide bonds. The van der Waals surface area contributed by atoms with E-state index in [-0.39, 0.29) is 17.7 Å². The van der Waals surface area contributed by atoms with Crippen LogP contribution in [-0.2, 0) is 15.5 Å². The lowest BCUT2D eigenvalue weighted by atomic mass is 10.0. The van der Waals surface area contributed by atoms with Gasteiger partial charge in [0.2, 0.25) is 0 Å². The van der Waals surface area contributed by atoms with Gasteiger partial charge in [0.1, 0.15) is 0 Å². The second-order valence-electron chi connectivity index (χ2n) is 3.67. The quantitative estimate of drug-likeness (QED) is 0.827. The van der Waals surface area contributed by atoms with Gasteiger partial charge in [-0.25, -0.2) is 13.6 Å². The van der Waals surface area contributed by atoms with Gasteiger partial charge in [-0.2, -0.15) is 0 Å². The highest BCUT2D eigenvalue weighted by molar-refractivity contribution is 5.76. The Morgan fingerprint density at radius 2 is 2.18 bits per heavy atom. The molecule has 1 N–H and O–H groups in total. The van der Waals surface area contributed by atoms with Gasteiger partial charge in [-0.1, -0.05) is 18.2 Å². The molecule has 17 heavy (non-hydrogen) atoms. The number of aliphatic hydroxyl groups excluding tert-OH is 1. The molecule has 0 aliphatic rings. The highest BCUT2D eigenvalue weighted by atomic mass is 19.3. The van der Waals surface area contributed by atoms with Crippen LogP contribution in [0, 0.1) is 0 Å². The minimum absolute atomic E-state index is 0.0995. The first-order chi connectivity index (χ1) is 7.86. The van der Waals surface area contributed by atoms with Gasteiger partial charge in [0.05, 0.1) is 6.61 Å². The highest BCUT2D eigenvalue weighted by Gasteiger charge is 2.26. The molecule has 0 fully saturated rings. The van der Waals surface area contributed by atoms with Crippen LogP contribution in [0.25, 0.3) is 0 Å². The molecule has 0 spiro atoms. The number of benzene rings is 1. The average Bonchev–Trinajstić information content (AvgIpc) is 2.27. The average molecular weight is 244 g/mol. The summed E-state index contributed by atoms with van der Waals surface area (Å²) >= 11 is 0. The lowest BCUT2D eigenvalue weighted by molar-refractivity contribution is -0.153. The number of halogens is 2. The van der Waals surface area contributed by atoms with E-state index in [1.807, 2.05) is 0 Å². The number of hydrogen-bond donors (Lipinski definition) is 1. The van der Waals surface area contributed by atoms with Gasteiger partial charge < -0.3 is 9.84 Å². The Labute approximate surface area is 98.0 Å². The molecule has 1 unspecified atom stereocenters. The molecule has 3 nitrogen and oxygen atoms in total. The minimum atomic E-state index is -3.01. The third-order valence-electron chi connectivity index (χ3n) is 2.22. The molecule has 0 heterocycles. The maximum absolute atomic E-state index is 13.0. The van der Waals surface area contributed by atoms with Crippen molar-refractivity contribution in [3.05, 3.63) is 35.4 Å². The van der Waals surface area contributed by atoms with Gasteiger partial charge in [0, 0.05) is 12.5 Å². The van der Waals surface area contributed by atoms with E-state index in [1.165, 1.54) is 18.2 Å². The molecule has 0 aliphatic heterocycles. The summed E-state index contributed by atoms with van der Waals surface area (Å²) in [6, 6.07) is 5.10. The molecular formula is C12H14F2O3. The first-order valence-electron chi connectivity index (χ1n) is 5.19. The number of carbonyl (C=O) groups excluding carboxylic acids is 1. The van der Waals surface area contributed by atoms with E-state index >= 15 is 0 Å². The predicted octanol–water partition coefficient (Wildman–Crippen LogP) is 2.39. The van der Waals surface area contributed by atoms with Crippen LogP contribution in [0.2, 0.25) is 0 Å². The molecule has 0 aliphatic carbocycles. The van der Waals surface area contributed by atoms with Crippen molar-refractivity contribution in [1.29, 1.82) is 0 Å². The Morgan fingerprint density at radius 1 is 1.53 bits per heavy atom. The van der Waals surface area contributed by atoms with Crippen LogP contribution in [0.1, 0.15) is 31.1 Å². The lowest BCUT2D eigenvalue weighted by Crippen LogP contribution is -2.16. The van der Waals surface area contributed by atoms with Gasteiger partial charge in [-0.3, -0.25) is 0 Å². The fourth-order valence-corrected chi connectivity index (χ4v) is 1.34. The Kier molecular flexibility index (Phi) is 4.17. The first kappa shape index (κ1) is 13.6. The molecule has 0 saturated heterocycles. The predicted molar refractivity (Wildman–Crippen MR) is 57.6 cm³/mol. The zero-order chi connectivity index (χ0) is 13.1. The third-order valence-corrected chi connectivity index (χ3v) is 2.22. The van der Waals surface area contributed by atoms with E-state index in [0.29, 0.717) is 0 Å². The fraction of sp³-hybridized carbons (Fsp3) is 0.417. The molecule has 1 aromatic carbocycles. The van der Waals surface area contributed by atoms with Crippen LogP contribution in [-0.4, -0.2) is 17.7 Å². The summed E-state index contributed by atoms with van der Waals surface area (Å²) in [5, 5.41) is 9.59. The maximum Gasteiger partial charge on any atom is 0.339 e. The van der Waals surface area contributed by atoms with Gasteiger partial charge in [0.15, 0.2) is 6.10 Å². The summed E-state index contributed by atoms with van der Waals surface area (Å²) in [6.07, 6.45) is -1.53. The molecule has 94 valence electrons. The van der Waals surface area contributed by atoms with Crippen molar-refractivity contribution in [2.24, 2.45) is 0 Å². The minimum Gasteiger partial charge on any atom is -0.464 e. The van der Waals surface area contributed by atoms with E-state index < -0.39 is 18.0 Å². The van der Waals surface area contributed by atoms with Gasteiger partial charge in [-0.05, 0) is 18.6 Å². The summed E-state index contributed by atoms with van der Waals surface area (Å²) in [6.45, 7) is 2.48. The van der Waals surface area contributed by atoms with E-state index in [9.17, 15) is 18.7 Å². The number of ether oxygens (including phenoxy) is 1. The Bertz CT molecular complexity index is 399.